The zero-order valence-corrected chi connectivity index (χ0v) is 41.7. The normalized spacial score (nSPS) is 11.8. The van der Waals surface area contributed by atoms with Gasteiger partial charge in [0.05, 0.1) is 34.0 Å². The van der Waals surface area contributed by atoms with Crippen molar-refractivity contribution in [2.45, 2.75) is 52.4 Å². The van der Waals surface area contributed by atoms with Gasteiger partial charge in [-0.05, 0) is 128 Å². The molecule has 0 fully saturated rings. The Labute approximate surface area is 420 Å². The fourth-order valence-electron chi connectivity index (χ4n) is 9.86. The highest BCUT2D eigenvalue weighted by atomic mass is 32.1. The lowest BCUT2D eigenvalue weighted by molar-refractivity contribution is 0.590. The van der Waals surface area contributed by atoms with E-state index < -0.39 is 0 Å². The van der Waals surface area contributed by atoms with Crippen LogP contribution in [0.3, 0.4) is 0 Å². The highest BCUT2D eigenvalue weighted by Gasteiger charge is 2.24. The average Bonchev–Trinajstić information content (AvgIpc) is 4.02. The van der Waals surface area contributed by atoms with Gasteiger partial charge >= 0.3 is 0 Å². The molecule has 0 N–H and O–H groups in total. The third-order valence-electron chi connectivity index (χ3n) is 13.7. The van der Waals surface area contributed by atoms with Crippen molar-refractivity contribution >= 4 is 72.8 Å². The molecule has 0 spiro atoms. The van der Waals surface area contributed by atoms with E-state index in [9.17, 15) is 5.26 Å². The molecule has 9 aromatic carbocycles. The molecule has 0 saturated carbocycles. The molecule has 0 bridgehead atoms. The fourth-order valence-corrected chi connectivity index (χ4v) is 10.4. The summed E-state index contributed by atoms with van der Waals surface area (Å²) in [6.45, 7) is 13.7. The monoisotopic (exact) mass is 935 g/mol. The summed E-state index contributed by atoms with van der Waals surface area (Å²) < 4.78 is 12.4. The summed E-state index contributed by atoms with van der Waals surface area (Å²) in [6, 6.07) is 77.6. The Bertz CT molecular complexity index is 3680. The van der Waals surface area contributed by atoms with Crippen LogP contribution in [0.5, 0.6) is 0 Å². The summed E-state index contributed by atoms with van der Waals surface area (Å²) in [5, 5.41) is 13.4. The zero-order valence-electron chi connectivity index (χ0n) is 40.9. The molecule has 344 valence electrons. The van der Waals surface area contributed by atoms with Gasteiger partial charge in [-0.15, -0.1) is 0 Å². The SMILES string of the molecule is CC(C)(C)c1ccc2c(c1)c1cc(C(C)(C)C)ccc1n2-c1ccc(-c2ccc(N(c3ccc(C(C#N)=C(c4ccccc4)c4ccccc4)cc3)c3ccc(-c4ccccc4)cc3)c3nsnc23)cc1. The number of allylic oxidation sites excluding steroid dienone is 1. The molecule has 0 radical (unpaired) electrons. The van der Waals surface area contributed by atoms with Crippen LogP contribution in [0.4, 0.5) is 17.1 Å². The summed E-state index contributed by atoms with van der Waals surface area (Å²) in [6.07, 6.45) is 0. The van der Waals surface area contributed by atoms with Crippen LogP contribution in [0.25, 0.3) is 71.9 Å². The predicted octanol–water partition coefficient (Wildman–Crippen LogP) is 17.7. The van der Waals surface area contributed by atoms with E-state index in [1.807, 2.05) is 42.5 Å². The molecule has 71 heavy (non-hydrogen) atoms. The van der Waals surface area contributed by atoms with Crippen molar-refractivity contribution in [2.24, 2.45) is 0 Å². The van der Waals surface area contributed by atoms with E-state index in [0.717, 1.165) is 78.3 Å². The van der Waals surface area contributed by atoms with Crippen LogP contribution in [-0.2, 0) is 10.8 Å². The Balaban J connectivity index is 1.01. The number of rotatable bonds is 9. The van der Waals surface area contributed by atoms with E-state index in [1.54, 1.807) is 0 Å². The molecule has 0 aliphatic carbocycles. The van der Waals surface area contributed by atoms with Crippen molar-refractivity contribution in [3.8, 4) is 34.0 Å². The van der Waals surface area contributed by atoms with Gasteiger partial charge < -0.3 is 9.47 Å². The number of hydrogen-bond donors (Lipinski definition) is 0. The van der Waals surface area contributed by atoms with Crippen LogP contribution < -0.4 is 4.90 Å². The second-order valence-electron chi connectivity index (χ2n) is 20.3. The maximum Gasteiger partial charge on any atom is 0.129 e. The van der Waals surface area contributed by atoms with Gasteiger partial charge in [0.2, 0.25) is 0 Å². The molecule has 11 aromatic rings. The lowest BCUT2D eigenvalue weighted by Crippen LogP contribution is -2.11. The van der Waals surface area contributed by atoms with Crippen molar-refractivity contribution in [3.63, 3.8) is 0 Å². The van der Waals surface area contributed by atoms with Crippen LogP contribution in [0.2, 0.25) is 0 Å². The third-order valence-corrected chi connectivity index (χ3v) is 14.2. The van der Waals surface area contributed by atoms with Crippen LogP contribution >= 0.6 is 11.7 Å². The quantitative estimate of drug-likeness (QED) is 0.107. The standard InChI is InChI=1S/C65H53N5S/c1-64(2,3)49-28-37-58-55(40-49)56-41-50(65(4,5)6)29-38-59(56)70(58)53-34-24-45(25-35-53)54-36-39-60(63-62(54)67-71-68-63)69(51-30-22-44(23-31-51)43-16-10-7-11-17-43)52-32-26-46(27-33-52)57(42-66)61(47-18-12-8-13-19-47)48-20-14-9-15-21-48/h7-41H,1-6H3. The second kappa shape index (κ2) is 18.2. The van der Waals surface area contributed by atoms with Crippen LogP contribution in [0.1, 0.15) is 69.4 Å². The summed E-state index contributed by atoms with van der Waals surface area (Å²) in [5.74, 6) is 0. The Morgan fingerprint density at radius 3 is 1.48 bits per heavy atom. The van der Waals surface area contributed by atoms with Gasteiger partial charge in [0.1, 0.15) is 17.1 Å². The molecule has 0 amide bonds. The summed E-state index contributed by atoms with van der Waals surface area (Å²) in [5.41, 5.74) is 19.4. The topological polar surface area (TPSA) is 57.7 Å². The van der Waals surface area contributed by atoms with Gasteiger partial charge in [-0.25, -0.2) is 0 Å². The van der Waals surface area contributed by atoms with Gasteiger partial charge in [-0.3, -0.25) is 0 Å². The first-order chi connectivity index (χ1) is 34.4. The molecule has 0 atom stereocenters. The Hall–Kier alpha value is -8.37. The molecule has 0 aliphatic heterocycles. The van der Waals surface area contributed by atoms with Gasteiger partial charge in [0.25, 0.3) is 0 Å². The number of nitriles is 1. The summed E-state index contributed by atoms with van der Waals surface area (Å²) in [4.78, 5) is 2.25. The predicted molar refractivity (Wildman–Crippen MR) is 299 cm³/mol. The molecular weight excluding hydrogens is 883 g/mol. The minimum Gasteiger partial charge on any atom is -0.309 e. The van der Waals surface area contributed by atoms with E-state index in [4.69, 9.17) is 8.75 Å². The van der Waals surface area contributed by atoms with Gasteiger partial charge in [-0.2, -0.15) is 14.0 Å². The molecule has 0 aliphatic rings. The average molecular weight is 936 g/mol. The summed E-state index contributed by atoms with van der Waals surface area (Å²) in [7, 11) is 0. The smallest absolute Gasteiger partial charge is 0.129 e. The molecule has 2 aromatic heterocycles. The molecule has 0 saturated heterocycles. The first kappa shape index (κ1) is 45.1. The van der Waals surface area contributed by atoms with E-state index in [1.165, 1.54) is 44.7 Å². The van der Waals surface area contributed by atoms with Crippen molar-refractivity contribution in [1.82, 2.24) is 13.3 Å². The van der Waals surface area contributed by atoms with Crippen LogP contribution in [-0.4, -0.2) is 13.3 Å². The lowest BCUT2D eigenvalue weighted by atomic mass is 9.85. The van der Waals surface area contributed by atoms with E-state index in [-0.39, 0.29) is 10.8 Å². The fraction of sp³-hybridized carbons (Fsp3) is 0.123. The molecule has 0 unspecified atom stereocenters. The second-order valence-corrected chi connectivity index (χ2v) is 20.9. The Kier molecular flexibility index (Phi) is 11.5. The number of hydrogen-bond acceptors (Lipinski definition) is 5. The molecule has 2 heterocycles. The van der Waals surface area contributed by atoms with Crippen molar-refractivity contribution in [2.75, 3.05) is 4.90 Å². The van der Waals surface area contributed by atoms with E-state index >= 15 is 0 Å². The van der Waals surface area contributed by atoms with Crippen molar-refractivity contribution in [3.05, 3.63) is 240 Å². The molecule has 11 rings (SSSR count). The highest BCUT2D eigenvalue weighted by molar-refractivity contribution is 7.00. The zero-order chi connectivity index (χ0) is 48.9. The Morgan fingerprint density at radius 1 is 0.479 bits per heavy atom. The highest BCUT2D eigenvalue weighted by Crippen LogP contribution is 2.44. The lowest BCUT2D eigenvalue weighted by Gasteiger charge is -2.26. The molecule has 5 nitrogen and oxygen atoms in total. The first-order valence-electron chi connectivity index (χ1n) is 24.2. The molecular formula is C65H53N5S. The third kappa shape index (κ3) is 8.49. The first-order valence-corrected chi connectivity index (χ1v) is 24.9. The number of fused-ring (bicyclic) bond motifs is 4. The van der Waals surface area contributed by atoms with E-state index in [2.05, 4.69) is 227 Å². The van der Waals surface area contributed by atoms with Crippen LogP contribution in [0.15, 0.2) is 212 Å². The number of nitrogens with zero attached hydrogens (tertiary/aromatic N) is 5. The maximum absolute atomic E-state index is 10.8. The maximum atomic E-state index is 10.8. The number of aromatic nitrogens is 3. The van der Waals surface area contributed by atoms with E-state index in [0.29, 0.717) is 5.57 Å². The molecule has 6 heteroatoms. The van der Waals surface area contributed by atoms with Gasteiger partial charge in [0.15, 0.2) is 0 Å². The van der Waals surface area contributed by atoms with Crippen molar-refractivity contribution < 1.29 is 0 Å². The van der Waals surface area contributed by atoms with Crippen LogP contribution in [0, 0.1) is 11.3 Å². The number of anilines is 3. The summed E-state index contributed by atoms with van der Waals surface area (Å²) >= 11 is 1.23. The Morgan fingerprint density at radius 2 is 0.958 bits per heavy atom. The minimum absolute atomic E-state index is 0.0293. The van der Waals surface area contributed by atoms with Crippen molar-refractivity contribution in [1.29, 1.82) is 5.26 Å². The minimum atomic E-state index is 0.0293. The number of benzene rings is 9. The van der Waals surface area contributed by atoms with Gasteiger partial charge in [-0.1, -0.05) is 181 Å². The largest absolute Gasteiger partial charge is 0.309 e. The van der Waals surface area contributed by atoms with Gasteiger partial charge in [0, 0.05) is 39.0 Å².